The molecule has 2 aliphatic rings. The van der Waals surface area contributed by atoms with Crippen LogP contribution in [0.3, 0.4) is 0 Å². The maximum absolute atomic E-state index is 12.4. The first-order valence-electron chi connectivity index (χ1n) is 7.60. The molecule has 1 aromatic rings. The van der Waals surface area contributed by atoms with Crippen molar-refractivity contribution in [2.45, 2.75) is 11.9 Å². The van der Waals surface area contributed by atoms with E-state index in [1.165, 1.54) is 4.31 Å². The molecule has 23 heavy (non-hydrogen) atoms. The fourth-order valence-corrected chi connectivity index (χ4v) is 4.04. The van der Waals surface area contributed by atoms with E-state index < -0.39 is 16.1 Å². The molecule has 2 aliphatic heterocycles. The molecule has 8 heteroatoms. The Bertz CT molecular complexity index is 637. The van der Waals surface area contributed by atoms with E-state index in [9.17, 15) is 13.2 Å². The molecule has 0 aromatic heterocycles. The van der Waals surface area contributed by atoms with Gasteiger partial charge in [-0.05, 0) is 5.56 Å². The van der Waals surface area contributed by atoms with Crippen LogP contribution in [-0.2, 0) is 25.2 Å². The molecule has 0 atom stereocenters. The summed E-state index contributed by atoms with van der Waals surface area (Å²) in [7, 11) is -3.37. The Morgan fingerprint density at radius 2 is 1.78 bits per heavy atom. The van der Waals surface area contributed by atoms with Gasteiger partial charge in [0.1, 0.15) is 0 Å². The van der Waals surface area contributed by atoms with Crippen molar-refractivity contribution in [2.24, 2.45) is 0 Å². The first-order chi connectivity index (χ1) is 11.0. The Labute approximate surface area is 135 Å². The van der Waals surface area contributed by atoms with Crippen LogP contribution in [0.2, 0.25) is 0 Å². The van der Waals surface area contributed by atoms with Crippen LogP contribution in [0.25, 0.3) is 0 Å². The van der Waals surface area contributed by atoms with Gasteiger partial charge in [0.25, 0.3) is 0 Å². The van der Waals surface area contributed by atoms with Crippen LogP contribution >= 0.6 is 0 Å². The highest BCUT2D eigenvalue weighted by atomic mass is 32.2. The number of sulfonamides is 1. The lowest BCUT2D eigenvalue weighted by Gasteiger charge is -2.35. The SMILES string of the molecule is O=C(OC1COC1)N1CCN(S(=O)(=O)Cc2ccccc2)CC1. The zero-order chi connectivity index (χ0) is 16.3. The average molecular weight is 340 g/mol. The van der Waals surface area contributed by atoms with Crippen LogP contribution in [-0.4, -0.2) is 69.2 Å². The lowest BCUT2D eigenvalue weighted by molar-refractivity contribution is -0.105. The first kappa shape index (κ1) is 16.2. The standard InChI is InChI=1S/C15H20N2O5S/c18-15(22-14-10-21-11-14)16-6-8-17(9-7-16)23(19,20)12-13-4-2-1-3-5-13/h1-5,14H,6-12H2. The van der Waals surface area contributed by atoms with Gasteiger partial charge in [0.2, 0.25) is 10.0 Å². The van der Waals surface area contributed by atoms with Gasteiger partial charge in [0.05, 0.1) is 19.0 Å². The van der Waals surface area contributed by atoms with E-state index in [-0.39, 0.29) is 11.9 Å². The molecular formula is C15H20N2O5S. The number of carbonyl (C=O) groups excluding carboxylic acids is 1. The van der Waals surface area contributed by atoms with E-state index >= 15 is 0 Å². The zero-order valence-corrected chi connectivity index (χ0v) is 13.6. The molecule has 7 nitrogen and oxygen atoms in total. The van der Waals surface area contributed by atoms with E-state index in [4.69, 9.17) is 9.47 Å². The molecule has 3 rings (SSSR count). The molecule has 2 fully saturated rings. The molecule has 1 amide bonds. The number of ether oxygens (including phenoxy) is 2. The number of benzene rings is 1. The van der Waals surface area contributed by atoms with Crippen LogP contribution in [0.4, 0.5) is 4.79 Å². The van der Waals surface area contributed by atoms with Crippen molar-refractivity contribution in [3.8, 4) is 0 Å². The Hall–Kier alpha value is -1.64. The normalized spacial score (nSPS) is 20.1. The summed E-state index contributed by atoms with van der Waals surface area (Å²) in [5.74, 6) is -0.0162. The third-order valence-electron chi connectivity index (χ3n) is 3.96. The van der Waals surface area contributed by atoms with Gasteiger partial charge in [0.15, 0.2) is 6.10 Å². The number of hydrogen-bond acceptors (Lipinski definition) is 5. The fraction of sp³-hybridized carbons (Fsp3) is 0.533. The first-order valence-corrected chi connectivity index (χ1v) is 9.20. The lowest BCUT2D eigenvalue weighted by Crippen LogP contribution is -2.52. The number of hydrogen-bond donors (Lipinski definition) is 0. The second-order valence-corrected chi connectivity index (χ2v) is 7.64. The van der Waals surface area contributed by atoms with Gasteiger partial charge in [-0.2, -0.15) is 4.31 Å². The minimum atomic E-state index is -3.37. The summed E-state index contributed by atoms with van der Waals surface area (Å²) >= 11 is 0. The zero-order valence-electron chi connectivity index (χ0n) is 12.8. The van der Waals surface area contributed by atoms with Gasteiger partial charge in [-0.25, -0.2) is 13.2 Å². The molecule has 0 aliphatic carbocycles. The Balaban J connectivity index is 1.52. The van der Waals surface area contributed by atoms with Crippen molar-refractivity contribution < 1.29 is 22.7 Å². The molecule has 0 radical (unpaired) electrons. The molecule has 0 unspecified atom stereocenters. The van der Waals surface area contributed by atoms with Crippen LogP contribution in [0.5, 0.6) is 0 Å². The van der Waals surface area contributed by atoms with E-state index in [1.807, 2.05) is 18.2 Å². The monoisotopic (exact) mass is 340 g/mol. The van der Waals surface area contributed by atoms with Crippen molar-refractivity contribution in [2.75, 3.05) is 39.4 Å². The maximum atomic E-state index is 12.4. The van der Waals surface area contributed by atoms with E-state index in [0.29, 0.717) is 39.4 Å². The summed E-state index contributed by atoms with van der Waals surface area (Å²) in [6, 6.07) is 9.09. The summed E-state index contributed by atoms with van der Waals surface area (Å²) in [6.07, 6.45) is -0.555. The minimum Gasteiger partial charge on any atom is -0.441 e. The molecule has 0 bridgehead atoms. The van der Waals surface area contributed by atoms with Crippen LogP contribution in [0, 0.1) is 0 Å². The largest absolute Gasteiger partial charge is 0.441 e. The van der Waals surface area contributed by atoms with Crippen molar-refractivity contribution in [3.05, 3.63) is 35.9 Å². The van der Waals surface area contributed by atoms with Crippen LogP contribution < -0.4 is 0 Å². The van der Waals surface area contributed by atoms with Crippen molar-refractivity contribution in [1.82, 2.24) is 9.21 Å². The number of rotatable bonds is 4. The molecule has 2 heterocycles. The Morgan fingerprint density at radius 1 is 1.13 bits per heavy atom. The van der Waals surface area contributed by atoms with Gasteiger partial charge in [0, 0.05) is 26.2 Å². The molecule has 2 saturated heterocycles. The van der Waals surface area contributed by atoms with E-state index in [0.717, 1.165) is 5.56 Å². The third kappa shape index (κ3) is 4.01. The summed E-state index contributed by atoms with van der Waals surface area (Å²) in [5.41, 5.74) is 0.763. The highest BCUT2D eigenvalue weighted by Crippen LogP contribution is 2.15. The van der Waals surface area contributed by atoms with Crippen molar-refractivity contribution in [3.63, 3.8) is 0 Å². The Morgan fingerprint density at radius 3 is 2.35 bits per heavy atom. The molecule has 0 N–H and O–H groups in total. The van der Waals surface area contributed by atoms with E-state index in [1.54, 1.807) is 17.0 Å². The number of piperazine rings is 1. The Kier molecular flexibility index (Phi) is 4.84. The molecule has 0 spiro atoms. The van der Waals surface area contributed by atoms with Gasteiger partial charge in [-0.15, -0.1) is 0 Å². The summed E-state index contributed by atoms with van der Waals surface area (Å²) in [6.45, 7) is 2.17. The lowest BCUT2D eigenvalue weighted by atomic mass is 10.2. The number of amides is 1. The van der Waals surface area contributed by atoms with Gasteiger partial charge < -0.3 is 14.4 Å². The highest BCUT2D eigenvalue weighted by molar-refractivity contribution is 7.88. The summed E-state index contributed by atoms with van der Waals surface area (Å²) < 4.78 is 36.5. The number of nitrogens with zero attached hydrogens (tertiary/aromatic N) is 2. The van der Waals surface area contributed by atoms with Gasteiger partial charge >= 0.3 is 6.09 Å². The van der Waals surface area contributed by atoms with Gasteiger partial charge in [-0.3, -0.25) is 0 Å². The second kappa shape index (κ2) is 6.86. The van der Waals surface area contributed by atoms with Crippen LogP contribution in [0.1, 0.15) is 5.56 Å². The topological polar surface area (TPSA) is 76.2 Å². The minimum absolute atomic E-state index is 0.0162. The molecular weight excluding hydrogens is 320 g/mol. The predicted molar refractivity (Wildman–Crippen MR) is 83.3 cm³/mol. The average Bonchev–Trinajstić information content (AvgIpc) is 2.51. The smallest absolute Gasteiger partial charge is 0.410 e. The second-order valence-electron chi connectivity index (χ2n) is 5.67. The van der Waals surface area contributed by atoms with Crippen molar-refractivity contribution in [1.29, 1.82) is 0 Å². The molecule has 126 valence electrons. The summed E-state index contributed by atoms with van der Waals surface area (Å²) in [4.78, 5) is 13.5. The quantitative estimate of drug-likeness (QED) is 0.805. The molecule has 1 aromatic carbocycles. The molecule has 0 saturated carbocycles. The van der Waals surface area contributed by atoms with Crippen LogP contribution in [0.15, 0.2) is 30.3 Å². The van der Waals surface area contributed by atoms with Gasteiger partial charge in [-0.1, -0.05) is 30.3 Å². The number of carbonyl (C=O) groups is 1. The summed E-state index contributed by atoms with van der Waals surface area (Å²) in [5, 5.41) is 0. The third-order valence-corrected chi connectivity index (χ3v) is 5.81. The maximum Gasteiger partial charge on any atom is 0.410 e. The highest BCUT2D eigenvalue weighted by Gasteiger charge is 2.31. The predicted octanol–water partition coefficient (Wildman–Crippen LogP) is 0.669. The fourth-order valence-electron chi connectivity index (χ4n) is 2.52. The van der Waals surface area contributed by atoms with E-state index in [2.05, 4.69) is 0 Å². The van der Waals surface area contributed by atoms with Crippen molar-refractivity contribution >= 4 is 16.1 Å².